The summed E-state index contributed by atoms with van der Waals surface area (Å²) in [6.07, 6.45) is 3.22. The van der Waals surface area contributed by atoms with Gasteiger partial charge in [0.05, 0.1) is 7.11 Å². The predicted molar refractivity (Wildman–Crippen MR) is 84.9 cm³/mol. The van der Waals surface area contributed by atoms with E-state index in [0.717, 1.165) is 12.8 Å². The molecule has 22 heavy (non-hydrogen) atoms. The predicted octanol–water partition coefficient (Wildman–Crippen LogP) is 3.10. The van der Waals surface area contributed by atoms with Crippen LogP contribution >= 0.6 is 11.6 Å². The van der Waals surface area contributed by atoms with Gasteiger partial charge in [-0.1, -0.05) is 17.7 Å². The number of sulfonamides is 1. The fourth-order valence-corrected chi connectivity index (χ4v) is 4.35. The molecule has 0 N–H and O–H groups in total. The first-order valence-corrected chi connectivity index (χ1v) is 8.65. The number of methoxy groups -OCH3 is 1. The summed E-state index contributed by atoms with van der Waals surface area (Å²) in [6, 6.07) is 9.70. The van der Waals surface area contributed by atoms with Crippen molar-refractivity contribution in [1.82, 2.24) is 4.98 Å². The molecule has 2 aromatic rings. The number of rotatable bonds is 5. The first-order valence-electron chi connectivity index (χ1n) is 6.83. The molecule has 1 aromatic carbocycles. The average molecular weight is 339 g/mol. The molecule has 1 aromatic heterocycles. The lowest BCUT2D eigenvalue weighted by Crippen LogP contribution is -2.34. The summed E-state index contributed by atoms with van der Waals surface area (Å²) in [7, 11) is -2.36. The zero-order valence-corrected chi connectivity index (χ0v) is 13.5. The van der Waals surface area contributed by atoms with Crippen molar-refractivity contribution in [3.8, 4) is 5.75 Å². The van der Waals surface area contributed by atoms with Crippen molar-refractivity contribution in [3.63, 3.8) is 0 Å². The van der Waals surface area contributed by atoms with E-state index in [-0.39, 0.29) is 16.7 Å². The zero-order chi connectivity index (χ0) is 15.7. The molecule has 0 aliphatic heterocycles. The summed E-state index contributed by atoms with van der Waals surface area (Å²) < 4.78 is 32.7. The van der Waals surface area contributed by atoms with Crippen molar-refractivity contribution in [2.24, 2.45) is 0 Å². The molecular formula is C15H15ClN2O3S. The van der Waals surface area contributed by atoms with E-state index < -0.39 is 10.0 Å². The van der Waals surface area contributed by atoms with Crippen LogP contribution in [0.1, 0.15) is 12.8 Å². The van der Waals surface area contributed by atoms with Crippen LogP contribution in [-0.4, -0.2) is 26.6 Å². The Morgan fingerprint density at radius 1 is 1.27 bits per heavy atom. The van der Waals surface area contributed by atoms with Crippen LogP contribution < -0.4 is 9.04 Å². The van der Waals surface area contributed by atoms with Gasteiger partial charge in [-0.15, -0.1) is 0 Å². The lowest BCUT2D eigenvalue weighted by atomic mass is 10.3. The molecule has 0 bridgehead atoms. The minimum atomic E-state index is -3.79. The Hall–Kier alpha value is -1.79. The number of ether oxygens (including phenoxy) is 1. The van der Waals surface area contributed by atoms with E-state index in [0.29, 0.717) is 10.8 Å². The molecule has 3 rings (SSSR count). The molecule has 5 nitrogen and oxygen atoms in total. The summed E-state index contributed by atoms with van der Waals surface area (Å²) in [6.45, 7) is 0. The molecule has 0 spiro atoms. The lowest BCUT2D eigenvalue weighted by molar-refractivity contribution is 0.402. The van der Waals surface area contributed by atoms with Crippen LogP contribution in [0.4, 0.5) is 5.82 Å². The quantitative estimate of drug-likeness (QED) is 0.840. The number of halogens is 1. The number of hydrogen-bond acceptors (Lipinski definition) is 4. The minimum absolute atomic E-state index is 0.0556. The van der Waals surface area contributed by atoms with Crippen molar-refractivity contribution in [1.29, 1.82) is 0 Å². The Morgan fingerprint density at radius 3 is 2.64 bits per heavy atom. The maximum atomic E-state index is 13.1. The number of benzene rings is 1. The van der Waals surface area contributed by atoms with Crippen molar-refractivity contribution in [3.05, 3.63) is 47.6 Å². The second-order valence-electron chi connectivity index (χ2n) is 5.02. The van der Waals surface area contributed by atoms with Crippen LogP contribution in [0.15, 0.2) is 47.5 Å². The van der Waals surface area contributed by atoms with Crippen LogP contribution in [0, 0.1) is 0 Å². The minimum Gasteiger partial charge on any atom is -0.495 e. The largest absolute Gasteiger partial charge is 0.495 e. The summed E-state index contributed by atoms with van der Waals surface area (Å²) in [4.78, 5) is 4.24. The highest BCUT2D eigenvalue weighted by atomic mass is 35.5. The summed E-state index contributed by atoms with van der Waals surface area (Å²) in [5, 5.41) is 0.344. The van der Waals surface area contributed by atoms with Crippen LogP contribution in [0.25, 0.3) is 0 Å². The maximum Gasteiger partial charge on any atom is 0.269 e. The van der Waals surface area contributed by atoms with Gasteiger partial charge >= 0.3 is 0 Å². The smallest absolute Gasteiger partial charge is 0.269 e. The van der Waals surface area contributed by atoms with Crippen molar-refractivity contribution in [2.45, 2.75) is 23.8 Å². The van der Waals surface area contributed by atoms with Crippen LogP contribution in [0.3, 0.4) is 0 Å². The molecule has 1 heterocycles. The number of aromatic nitrogens is 1. The zero-order valence-electron chi connectivity index (χ0n) is 11.9. The summed E-state index contributed by atoms with van der Waals surface area (Å²) >= 11 is 5.97. The fraction of sp³-hybridized carbons (Fsp3) is 0.267. The first-order chi connectivity index (χ1) is 10.5. The highest BCUT2D eigenvalue weighted by Gasteiger charge is 2.40. The van der Waals surface area contributed by atoms with Gasteiger partial charge in [-0.25, -0.2) is 17.7 Å². The van der Waals surface area contributed by atoms with Gasteiger partial charge in [0.2, 0.25) is 0 Å². The van der Waals surface area contributed by atoms with Gasteiger partial charge < -0.3 is 4.74 Å². The third-order valence-electron chi connectivity index (χ3n) is 3.42. The van der Waals surface area contributed by atoms with Gasteiger partial charge in [0.25, 0.3) is 10.0 Å². The number of nitrogens with zero attached hydrogens (tertiary/aromatic N) is 2. The van der Waals surface area contributed by atoms with Gasteiger partial charge in [-0.3, -0.25) is 0 Å². The summed E-state index contributed by atoms with van der Waals surface area (Å²) in [5.74, 6) is 0.679. The van der Waals surface area contributed by atoms with Gasteiger partial charge in [-0.05, 0) is 43.2 Å². The average Bonchev–Trinajstić information content (AvgIpc) is 3.33. The van der Waals surface area contributed by atoms with Crippen molar-refractivity contribution < 1.29 is 13.2 Å². The molecule has 1 fully saturated rings. The molecule has 1 aliphatic rings. The molecule has 0 unspecified atom stereocenters. The molecule has 7 heteroatoms. The van der Waals surface area contributed by atoms with E-state index in [1.807, 2.05) is 0 Å². The van der Waals surface area contributed by atoms with Crippen LogP contribution in [0.5, 0.6) is 5.75 Å². The highest BCUT2D eigenvalue weighted by molar-refractivity contribution is 7.93. The lowest BCUT2D eigenvalue weighted by Gasteiger charge is -2.24. The van der Waals surface area contributed by atoms with Crippen LogP contribution in [-0.2, 0) is 10.0 Å². The van der Waals surface area contributed by atoms with Crippen LogP contribution in [0.2, 0.25) is 5.02 Å². The van der Waals surface area contributed by atoms with Gasteiger partial charge in [0.1, 0.15) is 16.5 Å². The fourth-order valence-electron chi connectivity index (χ4n) is 2.26. The second-order valence-corrected chi connectivity index (χ2v) is 7.23. The Bertz CT molecular complexity index is 777. The number of pyridine rings is 1. The van der Waals surface area contributed by atoms with E-state index in [2.05, 4.69) is 4.98 Å². The molecule has 116 valence electrons. The summed E-state index contributed by atoms with van der Waals surface area (Å²) in [5.41, 5.74) is 0. The maximum absolute atomic E-state index is 13.1. The number of hydrogen-bond donors (Lipinski definition) is 0. The van der Waals surface area contributed by atoms with E-state index in [4.69, 9.17) is 16.3 Å². The second kappa shape index (κ2) is 5.78. The third-order valence-corrected chi connectivity index (χ3v) is 5.53. The van der Waals surface area contributed by atoms with E-state index >= 15 is 0 Å². The molecule has 0 radical (unpaired) electrons. The van der Waals surface area contributed by atoms with Gasteiger partial charge in [-0.2, -0.15) is 0 Å². The standard InChI is InChI=1S/C15H15ClN2O3S/c1-21-13-8-5-11(16)10-14(13)22(19,20)18(12-6-7-12)15-4-2-3-9-17-15/h2-5,8-10,12H,6-7H2,1H3. The Kier molecular flexibility index (Phi) is 3.97. The normalized spacial score (nSPS) is 14.6. The molecular weight excluding hydrogens is 324 g/mol. The molecule has 0 atom stereocenters. The molecule has 0 amide bonds. The monoisotopic (exact) mass is 338 g/mol. The van der Waals surface area contributed by atoms with Crippen molar-refractivity contribution in [2.75, 3.05) is 11.4 Å². The Morgan fingerprint density at radius 2 is 2.05 bits per heavy atom. The Balaban J connectivity index is 2.13. The van der Waals surface area contributed by atoms with Crippen molar-refractivity contribution >= 4 is 27.4 Å². The topological polar surface area (TPSA) is 59.5 Å². The highest BCUT2D eigenvalue weighted by Crippen LogP contribution is 2.38. The first kappa shape index (κ1) is 15.1. The van der Waals surface area contributed by atoms with Gasteiger partial charge in [0.15, 0.2) is 0 Å². The molecule has 1 saturated carbocycles. The SMILES string of the molecule is COc1ccc(Cl)cc1S(=O)(=O)N(c1ccccn1)C1CC1. The van der Waals surface area contributed by atoms with Gasteiger partial charge in [0, 0.05) is 17.3 Å². The van der Waals surface area contributed by atoms with E-state index in [9.17, 15) is 8.42 Å². The van der Waals surface area contributed by atoms with E-state index in [1.165, 1.54) is 17.5 Å². The third kappa shape index (κ3) is 2.76. The van der Waals surface area contributed by atoms with E-state index in [1.54, 1.807) is 36.5 Å². The molecule has 1 aliphatic carbocycles. The Labute approximate surface area is 134 Å². The number of anilines is 1. The molecule has 0 saturated heterocycles.